The topological polar surface area (TPSA) is 38.2 Å². The van der Waals surface area contributed by atoms with Gasteiger partial charge in [-0.25, -0.2) is 4.98 Å². The molecule has 5 heteroatoms. The maximum atomic E-state index is 6.00. The summed E-state index contributed by atoms with van der Waals surface area (Å²) >= 11 is 1.66. The first kappa shape index (κ1) is 13.7. The number of likely N-dealkylation sites (tertiary alicyclic amines) is 1. The Bertz CT molecular complexity index is 503. The van der Waals surface area contributed by atoms with Gasteiger partial charge in [-0.3, -0.25) is 9.88 Å². The van der Waals surface area contributed by atoms with E-state index in [4.69, 9.17) is 4.74 Å². The monoisotopic (exact) mass is 289 g/mol. The zero-order valence-corrected chi connectivity index (χ0v) is 12.3. The lowest BCUT2D eigenvalue weighted by atomic mass is 10.1. The number of aromatic nitrogens is 2. The zero-order valence-electron chi connectivity index (χ0n) is 11.4. The molecule has 1 atom stereocenters. The molecule has 3 heterocycles. The predicted molar refractivity (Wildman–Crippen MR) is 79.4 cm³/mol. The van der Waals surface area contributed by atoms with Crippen molar-refractivity contribution in [2.75, 3.05) is 13.1 Å². The fourth-order valence-electron chi connectivity index (χ4n) is 2.52. The second-order valence-corrected chi connectivity index (χ2v) is 5.83. The fourth-order valence-corrected chi connectivity index (χ4v) is 3.07. The van der Waals surface area contributed by atoms with E-state index in [1.807, 2.05) is 29.9 Å². The van der Waals surface area contributed by atoms with E-state index in [0.29, 0.717) is 12.7 Å². The van der Waals surface area contributed by atoms with E-state index in [0.717, 1.165) is 31.7 Å². The molecule has 0 bridgehead atoms. The fraction of sp³-hybridized carbons (Fsp3) is 0.467. The molecular weight excluding hydrogens is 270 g/mol. The molecule has 0 spiro atoms. The van der Waals surface area contributed by atoms with Gasteiger partial charge in [0.1, 0.15) is 0 Å². The van der Waals surface area contributed by atoms with Gasteiger partial charge in [0.2, 0.25) is 0 Å². The summed E-state index contributed by atoms with van der Waals surface area (Å²) in [7, 11) is 0. The van der Waals surface area contributed by atoms with Gasteiger partial charge in [-0.2, -0.15) is 0 Å². The molecule has 1 unspecified atom stereocenters. The van der Waals surface area contributed by atoms with Gasteiger partial charge in [-0.15, -0.1) is 11.3 Å². The molecule has 0 aliphatic carbocycles. The van der Waals surface area contributed by atoms with Crippen LogP contribution in [0.1, 0.15) is 24.2 Å². The minimum atomic E-state index is 0.310. The van der Waals surface area contributed by atoms with E-state index in [1.54, 1.807) is 11.3 Å². The van der Waals surface area contributed by atoms with Crippen molar-refractivity contribution in [3.63, 3.8) is 0 Å². The first-order valence-electron chi connectivity index (χ1n) is 7.01. The Balaban J connectivity index is 1.48. The molecule has 20 heavy (non-hydrogen) atoms. The van der Waals surface area contributed by atoms with Crippen LogP contribution in [0.5, 0.6) is 0 Å². The van der Waals surface area contributed by atoms with Gasteiger partial charge in [-0.1, -0.05) is 6.07 Å². The Kier molecular flexibility index (Phi) is 4.73. The van der Waals surface area contributed by atoms with Crippen LogP contribution in [-0.4, -0.2) is 34.1 Å². The van der Waals surface area contributed by atoms with Crippen molar-refractivity contribution in [3.8, 4) is 0 Å². The molecule has 2 aromatic rings. The van der Waals surface area contributed by atoms with Crippen molar-refractivity contribution < 1.29 is 4.74 Å². The molecule has 1 saturated heterocycles. The van der Waals surface area contributed by atoms with E-state index in [9.17, 15) is 0 Å². The molecule has 1 fully saturated rings. The Morgan fingerprint density at radius 3 is 3.10 bits per heavy atom. The molecule has 1 aliphatic heterocycles. The first-order chi connectivity index (χ1) is 9.90. The Morgan fingerprint density at radius 1 is 1.30 bits per heavy atom. The highest BCUT2D eigenvalue weighted by atomic mass is 32.1. The average molecular weight is 289 g/mol. The van der Waals surface area contributed by atoms with E-state index in [1.165, 1.54) is 12.1 Å². The van der Waals surface area contributed by atoms with Gasteiger partial charge in [0, 0.05) is 24.7 Å². The van der Waals surface area contributed by atoms with Crippen molar-refractivity contribution in [1.29, 1.82) is 0 Å². The van der Waals surface area contributed by atoms with Crippen LogP contribution >= 0.6 is 11.3 Å². The minimum absolute atomic E-state index is 0.310. The quantitative estimate of drug-likeness (QED) is 0.848. The standard InChI is InChI=1S/C15H19N3OS/c1-2-6-16-13(4-1)10-19-15-5-3-7-18(9-15)8-14-11-20-12-17-14/h1-2,4,6,11-12,15H,3,5,7-10H2. The Morgan fingerprint density at radius 2 is 2.30 bits per heavy atom. The summed E-state index contributed by atoms with van der Waals surface area (Å²) in [5, 5.41) is 2.12. The highest BCUT2D eigenvalue weighted by molar-refractivity contribution is 7.07. The third-order valence-corrected chi connectivity index (χ3v) is 4.16. The van der Waals surface area contributed by atoms with Crippen LogP contribution in [0.3, 0.4) is 0 Å². The van der Waals surface area contributed by atoms with Gasteiger partial charge in [-0.05, 0) is 31.5 Å². The second-order valence-electron chi connectivity index (χ2n) is 5.11. The molecule has 0 amide bonds. The van der Waals surface area contributed by atoms with Crippen LogP contribution in [-0.2, 0) is 17.9 Å². The van der Waals surface area contributed by atoms with Crippen molar-refractivity contribution in [2.24, 2.45) is 0 Å². The van der Waals surface area contributed by atoms with Gasteiger partial charge >= 0.3 is 0 Å². The first-order valence-corrected chi connectivity index (χ1v) is 7.95. The number of rotatable bonds is 5. The lowest BCUT2D eigenvalue weighted by Gasteiger charge is -2.32. The molecule has 2 aromatic heterocycles. The summed E-state index contributed by atoms with van der Waals surface area (Å²) in [5.74, 6) is 0. The number of pyridine rings is 1. The van der Waals surface area contributed by atoms with E-state index in [-0.39, 0.29) is 0 Å². The van der Waals surface area contributed by atoms with Crippen LogP contribution in [0.15, 0.2) is 35.3 Å². The van der Waals surface area contributed by atoms with Crippen LogP contribution in [0.2, 0.25) is 0 Å². The van der Waals surface area contributed by atoms with Crippen LogP contribution in [0, 0.1) is 0 Å². The van der Waals surface area contributed by atoms with Crippen molar-refractivity contribution >= 4 is 11.3 Å². The molecule has 0 aromatic carbocycles. The number of nitrogens with zero attached hydrogens (tertiary/aromatic N) is 3. The molecule has 0 N–H and O–H groups in total. The van der Waals surface area contributed by atoms with Crippen LogP contribution < -0.4 is 0 Å². The summed E-state index contributed by atoms with van der Waals surface area (Å²) in [6.07, 6.45) is 4.45. The normalized spacial score (nSPS) is 20.1. The summed E-state index contributed by atoms with van der Waals surface area (Å²) in [6, 6.07) is 5.94. The van der Waals surface area contributed by atoms with Crippen LogP contribution in [0.4, 0.5) is 0 Å². The molecular formula is C15H19N3OS. The molecule has 0 radical (unpaired) electrons. The number of hydrogen-bond donors (Lipinski definition) is 0. The second kappa shape index (κ2) is 6.92. The average Bonchev–Trinajstić information content (AvgIpc) is 3.00. The third-order valence-electron chi connectivity index (χ3n) is 3.52. The zero-order chi connectivity index (χ0) is 13.6. The van der Waals surface area contributed by atoms with Crippen molar-refractivity contribution in [3.05, 3.63) is 46.7 Å². The smallest absolute Gasteiger partial charge is 0.0892 e. The molecule has 106 valence electrons. The molecule has 4 nitrogen and oxygen atoms in total. The predicted octanol–water partition coefficient (Wildman–Crippen LogP) is 2.72. The van der Waals surface area contributed by atoms with Crippen molar-refractivity contribution in [2.45, 2.75) is 32.1 Å². The van der Waals surface area contributed by atoms with E-state index in [2.05, 4.69) is 20.2 Å². The summed E-state index contributed by atoms with van der Waals surface area (Å²) in [5.41, 5.74) is 4.07. The Hall–Kier alpha value is -1.30. The highest BCUT2D eigenvalue weighted by Crippen LogP contribution is 2.17. The molecule has 3 rings (SSSR count). The van der Waals surface area contributed by atoms with Gasteiger partial charge in [0.25, 0.3) is 0 Å². The number of ether oxygens (including phenoxy) is 1. The highest BCUT2D eigenvalue weighted by Gasteiger charge is 2.21. The summed E-state index contributed by atoms with van der Waals surface area (Å²) in [4.78, 5) is 11.1. The third kappa shape index (κ3) is 3.85. The van der Waals surface area contributed by atoms with Gasteiger partial charge in [0.05, 0.1) is 29.6 Å². The number of hydrogen-bond acceptors (Lipinski definition) is 5. The largest absolute Gasteiger partial charge is 0.371 e. The number of piperidine rings is 1. The minimum Gasteiger partial charge on any atom is -0.371 e. The maximum Gasteiger partial charge on any atom is 0.0892 e. The van der Waals surface area contributed by atoms with Gasteiger partial charge in [0.15, 0.2) is 0 Å². The number of thiazole rings is 1. The maximum absolute atomic E-state index is 6.00. The lowest BCUT2D eigenvalue weighted by Crippen LogP contribution is -2.39. The van der Waals surface area contributed by atoms with Gasteiger partial charge < -0.3 is 4.74 Å². The molecule has 0 saturated carbocycles. The summed E-state index contributed by atoms with van der Waals surface area (Å²) < 4.78 is 6.00. The SMILES string of the molecule is c1ccc(COC2CCCN(Cc3cscn3)C2)nc1. The van der Waals surface area contributed by atoms with E-state index >= 15 is 0 Å². The van der Waals surface area contributed by atoms with Crippen LogP contribution in [0.25, 0.3) is 0 Å². The lowest BCUT2D eigenvalue weighted by molar-refractivity contribution is -0.0135. The summed E-state index contributed by atoms with van der Waals surface area (Å²) in [6.45, 7) is 3.67. The molecule has 1 aliphatic rings. The Labute approximate surface area is 123 Å². The van der Waals surface area contributed by atoms with Crippen molar-refractivity contribution in [1.82, 2.24) is 14.9 Å². The van der Waals surface area contributed by atoms with E-state index < -0.39 is 0 Å².